The van der Waals surface area contributed by atoms with E-state index in [-0.39, 0.29) is 0 Å². The average molecular weight is 192 g/mol. The highest BCUT2D eigenvalue weighted by Gasteiger charge is 2.23. The molecule has 0 spiro atoms. The van der Waals surface area contributed by atoms with Crippen LogP contribution < -0.4 is 0 Å². The highest BCUT2D eigenvalue weighted by atomic mass is 16.5. The molecule has 1 atom stereocenters. The Kier molecular flexibility index (Phi) is 4.42. The molecule has 1 unspecified atom stereocenters. The normalized spacial score (nSPS) is 13.7. The van der Waals surface area contributed by atoms with Crippen LogP contribution in [0.4, 0.5) is 0 Å². The van der Waals surface area contributed by atoms with E-state index in [0.29, 0.717) is 0 Å². The van der Waals surface area contributed by atoms with Crippen LogP contribution in [0.15, 0.2) is 48.8 Å². The van der Waals surface area contributed by atoms with Gasteiger partial charge in [0, 0.05) is 0 Å². The van der Waals surface area contributed by atoms with Gasteiger partial charge in [0.15, 0.2) is 0 Å². The largest absolute Gasteiger partial charge is 0.479 e. The lowest BCUT2D eigenvalue weighted by Gasteiger charge is -2.29. The van der Waals surface area contributed by atoms with Crippen molar-refractivity contribution in [2.75, 3.05) is 0 Å². The van der Waals surface area contributed by atoms with Crippen LogP contribution in [-0.2, 0) is 4.74 Å². The smallest absolute Gasteiger partial charge is 0.145 e. The van der Waals surface area contributed by atoms with E-state index in [4.69, 9.17) is 4.74 Å². The third-order valence-electron chi connectivity index (χ3n) is 2.24. The lowest BCUT2D eigenvalue weighted by atomic mass is 9.98. The van der Waals surface area contributed by atoms with Crippen molar-refractivity contribution < 1.29 is 4.74 Å². The molecular weight excluding hydrogens is 172 g/mol. The molecule has 0 bridgehead atoms. The van der Waals surface area contributed by atoms with E-state index in [1.54, 1.807) is 12.2 Å². The molecule has 78 valence electrons. The number of hydrogen-bond acceptors (Lipinski definition) is 1. The summed E-state index contributed by atoms with van der Waals surface area (Å²) in [5.74, 6) is 0.787. The second kappa shape index (κ2) is 4.85. The number of rotatable bonds is 5. The Morgan fingerprint density at radius 1 is 1.21 bits per heavy atom. The zero-order valence-electron chi connectivity index (χ0n) is 9.68. The molecule has 0 amide bonds. The van der Waals surface area contributed by atoms with E-state index in [1.165, 1.54) is 0 Å². The molecule has 0 aliphatic carbocycles. The summed E-state index contributed by atoms with van der Waals surface area (Å²) in [4.78, 5) is 0. The third kappa shape index (κ3) is 2.91. The van der Waals surface area contributed by atoms with Crippen LogP contribution in [0.1, 0.15) is 27.7 Å². The molecule has 0 aromatic rings. The molecule has 0 aliphatic rings. The van der Waals surface area contributed by atoms with Gasteiger partial charge in [-0.25, -0.2) is 0 Å². The topological polar surface area (TPSA) is 9.23 Å². The number of allylic oxidation sites excluding steroid dienone is 2. The molecule has 14 heavy (non-hydrogen) atoms. The fraction of sp³-hybridized carbons (Fsp3) is 0.385. The van der Waals surface area contributed by atoms with Gasteiger partial charge in [-0.1, -0.05) is 19.7 Å². The highest BCUT2D eigenvalue weighted by Crippen LogP contribution is 2.25. The van der Waals surface area contributed by atoms with E-state index in [9.17, 15) is 0 Å². The van der Waals surface area contributed by atoms with Crippen molar-refractivity contribution in [2.45, 2.75) is 33.3 Å². The maximum absolute atomic E-state index is 5.80. The summed E-state index contributed by atoms with van der Waals surface area (Å²) in [7, 11) is 0. The molecule has 1 heteroatoms. The fourth-order valence-corrected chi connectivity index (χ4v) is 0.879. The minimum atomic E-state index is -0.513. The monoisotopic (exact) mass is 192 g/mol. The summed E-state index contributed by atoms with van der Waals surface area (Å²) in [6.45, 7) is 19.2. The first kappa shape index (κ1) is 12.8. The Hall–Kier alpha value is -1.24. The van der Waals surface area contributed by atoms with Crippen LogP contribution in [-0.4, -0.2) is 5.60 Å². The second-order valence-electron chi connectivity index (χ2n) is 3.76. The molecule has 0 heterocycles. The van der Waals surface area contributed by atoms with Crippen molar-refractivity contribution in [3.05, 3.63) is 48.8 Å². The summed E-state index contributed by atoms with van der Waals surface area (Å²) in [6, 6.07) is 0. The minimum absolute atomic E-state index is 0.513. The molecule has 0 saturated carbocycles. The van der Waals surface area contributed by atoms with Crippen LogP contribution in [0, 0.1) is 0 Å². The van der Waals surface area contributed by atoms with Crippen LogP contribution >= 0.6 is 0 Å². The number of ether oxygens (including phenoxy) is 1. The van der Waals surface area contributed by atoms with E-state index in [0.717, 1.165) is 16.9 Å². The maximum atomic E-state index is 5.80. The van der Waals surface area contributed by atoms with Gasteiger partial charge in [-0.2, -0.15) is 0 Å². The fourth-order valence-electron chi connectivity index (χ4n) is 0.879. The van der Waals surface area contributed by atoms with Crippen molar-refractivity contribution in [3.8, 4) is 0 Å². The van der Waals surface area contributed by atoms with Gasteiger partial charge in [0.25, 0.3) is 0 Å². The van der Waals surface area contributed by atoms with Gasteiger partial charge in [-0.3, -0.25) is 0 Å². The van der Waals surface area contributed by atoms with Crippen LogP contribution in [0.3, 0.4) is 0 Å². The third-order valence-corrected chi connectivity index (χ3v) is 2.24. The van der Waals surface area contributed by atoms with Gasteiger partial charge in [0.05, 0.1) is 0 Å². The van der Waals surface area contributed by atoms with Gasteiger partial charge >= 0.3 is 0 Å². The van der Waals surface area contributed by atoms with Gasteiger partial charge < -0.3 is 4.74 Å². The Morgan fingerprint density at radius 2 is 1.71 bits per heavy atom. The standard InChI is InChI=1S/C13H20O/c1-8-12(10(3)4)14-13(7,9-2)11(5)6/h8-9H,1-2,5H2,3-4,6-7H3. The zero-order chi connectivity index (χ0) is 11.4. The second-order valence-corrected chi connectivity index (χ2v) is 3.76. The molecule has 0 fully saturated rings. The first-order valence-electron chi connectivity index (χ1n) is 4.66. The Labute approximate surface area is 87.5 Å². The zero-order valence-corrected chi connectivity index (χ0v) is 9.68. The molecule has 1 nitrogen and oxygen atoms in total. The quantitative estimate of drug-likeness (QED) is 0.363. The van der Waals surface area contributed by atoms with Crippen LogP contribution in [0.5, 0.6) is 0 Å². The molecule has 0 radical (unpaired) electrons. The Balaban J connectivity index is 4.96. The Morgan fingerprint density at radius 3 is 1.93 bits per heavy atom. The first-order chi connectivity index (χ1) is 6.37. The molecule has 0 aliphatic heterocycles. The number of hydrogen-bond donors (Lipinski definition) is 0. The molecule has 0 rings (SSSR count). The predicted molar refractivity (Wildman–Crippen MR) is 63.1 cm³/mol. The lowest BCUT2D eigenvalue weighted by Crippen LogP contribution is -2.26. The summed E-state index contributed by atoms with van der Waals surface area (Å²) < 4.78 is 5.80. The highest BCUT2D eigenvalue weighted by molar-refractivity contribution is 5.23. The SMILES string of the molecule is C=CC(OC(C)(C=C)C(=C)C)=C(C)C. The molecular formula is C13H20O. The molecule has 0 aromatic heterocycles. The predicted octanol–water partition coefficient (Wildman–Crippen LogP) is 4.00. The van der Waals surface area contributed by atoms with Gasteiger partial charge in [0.2, 0.25) is 0 Å². The van der Waals surface area contributed by atoms with Crippen molar-refractivity contribution >= 4 is 0 Å². The van der Waals surface area contributed by atoms with Crippen molar-refractivity contribution in [2.24, 2.45) is 0 Å². The van der Waals surface area contributed by atoms with E-state index in [2.05, 4.69) is 19.7 Å². The van der Waals surface area contributed by atoms with E-state index < -0.39 is 5.60 Å². The van der Waals surface area contributed by atoms with Crippen LogP contribution in [0.25, 0.3) is 0 Å². The Bertz CT molecular complexity index is 280. The average Bonchev–Trinajstić information content (AvgIpc) is 2.12. The summed E-state index contributed by atoms with van der Waals surface area (Å²) in [6.07, 6.45) is 3.46. The van der Waals surface area contributed by atoms with Gasteiger partial charge in [-0.05, 0) is 51.0 Å². The minimum Gasteiger partial charge on any atom is -0.479 e. The van der Waals surface area contributed by atoms with Crippen molar-refractivity contribution in [3.63, 3.8) is 0 Å². The van der Waals surface area contributed by atoms with Gasteiger partial charge in [0.1, 0.15) is 11.4 Å². The summed E-state index contributed by atoms with van der Waals surface area (Å²) in [5, 5.41) is 0. The summed E-state index contributed by atoms with van der Waals surface area (Å²) in [5.41, 5.74) is 1.50. The molecule has 0 saturated heterocycles. The summed E-state index contributed by atoms with van der Waals surface area (Å²) >= 11 is 0. The van der Waals surface area contributed by atoms with Crippen molar-refractivity contribution in [1.82, 2.24) is 0 Å². The van der Waals surface area contributed by atoms with Crippen LogP contribution in [0.2, 0.25) is 0 Å². The van der Waals surface area contributed by atoms with E-state index >= 15 is 0 Å². The first-order valence-corrected chi connectivity index (χ1v) is 4.66. The van der Waals surface area contributed by atoms with E-state index in [1.807, 2.05) is 27.7 Å². The lowest BCUT2D eigenvalue weighted by molar-refractivity contribution is 0.101. The maximum Gasteiger partial charge on any atom is 0.145 e. The van der Waals surface area contributed by atoms with Gasteiger partial charge in [-0.15, -0.1) is 0 Å². The molecule has 0 aromatic carbocycles. The molecule has 0 N–H and O–H groups in total. The van der Waals surface area contributed by atoms with Crippen molar-refractivity contribution in [1.29, 1.82) is 0 Å².